The van der Waals surface area contributed by atoms with Gasteiger partial charge in [0.2, 0.25) is 0 Å². The zero-order valence-electron chi connectivity index (χ0n) is 15.1. The fourth-order valence-corrected chi connectivity index (χ4v) is 1.34. The van der Waals surface area contributed by atoms with Gasteiger partial charge in [0.15, 0.2) is 0 Å². The summed E-state index contributed by atoms with van der Waals surface area (Å²) in [5, 5.41) is 8.78. The van der Waals surface area contributed by atoms with Crippen LogP contribution in [0.25, 0.3) is 0 Å². The van der Waals surface area contributed by atoms with Crippen LogP contribution in [0.1, 0.15) is 26.7 Å². The Bertz CT molecular complexity index is 257. The molecule has 0 saturated carbocycles. The normalized spacial score (nSPS) is 11.2. The minimum absolute atomic E-state index is 0. The smallest absolute Gasteiger partial charge is 0.430 e. The average Bonchev–Trinajstić information content (AvgIpc) is 2.13. The lowest BCUT2D eigenvalue weighted by Crippen LogP contribution is -3.00. The standard InChI is InChI=1S/2C6H16N.C2HF3O2.ClH/c2*1-5-6-7(2,3)4;3-2(4,5)1(6)7;/h2*5-6H2,1-4H3;(H,6,7);1H/q2*+1;;/p-2. The van der Waals surface area contributed by atoms with E-state index >= 15 is 0 Å². The molecule has 8 heteroatoms. The van der Waals surface area contributed by atoms with Crippen molar-refractivity contribution < 1.29 is 44.4 Å². The van der Waals surface area contributed by atoms with Crippen LogP contribution in [-0.4, -0.2) is 76.5 Å². The third-order valence-corrected chi connectivity index (χ3v) is 2.02. The quantitative estimate of drug-likeness (QED) is 0.578. The average molecular weight is 353 g/mol. The first-order chi connectivity index (χ1) is 9.06. The minimum Gasteiger partial charge on any atom is -1.00 e. The monoisotopic (exact) mass is 352 g/mol. The maximum absolute atomic E-state index is 10.5. The molecule has 0 aromatic carbocycles. The second-order valence-corrected chi connectivity index (χ2v) is 6.81. The first-order valence-electron chi connectivity index (χ1n) is 6.96. The summed E-state index contributed by atoms with van der Waals surface area (Å²) in [6.45, 7) is 6.98. The topological polar surface area (TPSA) is 40.1 Å². The van der Waals surface area contributed by atoms with Crippen LogP contribution < -0.4 is 17.5 Å². The van der Waals surface area contributed by atoms with Crippen molar-refractivity contribution in [1.29, 1.82) is 0 Å². The molecule has 0 radical (unpaired) electrons. The van der Waals surface area contributed by atoms with Crippen LogP contribution in [0.4, 0.5) is 13.2 Å². The van der Waals surface area contributed by atoms with Gasteiger partial charge in [-0.05, 0) is 12.8 Å². The molecule has 0 saturated heterocycles. The highest BCUT2D eigenvalue weighted by Crippen LogP contribution is 2.11. The second kappa shape index (κ2) is 13.0. The molecular formula is C14H32ClF3N2O2. The van der Waals surface area contributed by atoms with Crippen molar-refractivity contribution in [3.63, 3.8) is 0 Å². The van der Waals surface area contributed by atoms with Crippen molar-refractivity contribution >= 4 is 5.97 Å². The molecule has 0 unspecified atom stereocenters. The van der Waals surface area contributed by atoms with Gasteiger partial charge in [-0.3, -0.25) is 0 Å². The number of carboxylic acid groups (broad SMARTS) is 1. The van der Waals surface area contributed by atoms with Crippen molar-refractivity contribution in [3.05, 3.63) is 0 Å². The lowest BCUT2D eigenvalue weighted by molar-refractivity contribution is -0.870. The van der Waals surface area contributed by atoms with Crippen LogP contribution >= 0.6 is 0 Å². The molecule has 0 aliphatic carbocycles. The summed E-state index contributed by atoms with van der Waals surface area (Å²) in [6, 6.07) is 0. The van der Waals surface area contributed by atoms with E-state index in [9.17, 15) is 13.2 Å². The molecule has 0 aromatic heterocycles. The van der Waals surface area contributed by atoms with Crippen molar-refractivity contribution in [1.82, 2.24) is 0 Å². The summed E-state index contributed by atoms with van der Waals surface area (Å²) in [6.07, 6.45) is -2.63. The fraction of sp³-hybridized carbons (Fsp3) is 0.929. The molecule has 0 aliphatic heterocycles. The number of alkyl halides is 3. The molecule has 0 amide bonds. The Morgan fingerprint density at radius 3 is 1.05 bits per heavy atom. The maximum atomic E-state index is 10.5. The molecule has 22 heavy (non-hydrogen) atoms. The predicted octanol–water partition coefficient (Wildman–Crippen LogP) is -1.49. The summed E-state index contributed by atoms with van der Waals surface area (Å²) >= 11 is 0. The van der Waals surface area contributed by atoms with Gasteiger partial charge in [0.25, 0.3) is 0 Å². The van der Waals surface area contributed by atoms with E-state index in [1.165, 1.54) is 25.9 Å². The number of nitrogens with zero attached hydrogens (tertiary/aromatic N) is 2. The Morgan fingerprint density at radius 2 is 1.05 bits per heavy atom. The number of hydrogen-bond donors (Lipinski definition) is 0. The molecule has 0 N–H and O–H groups in total. The molecular weight excluding hydrogens is 321 g/mol. The van der Waals surface area contributed by atoms with Crippen molar-refractivity contribution in [2.24, 2.45) is 0 Å². The highest BCUT2D eigenvalue weighted by Gasteiger charge is 2.28. The van der Waals surface area contributed by atoms with Gasteiger partial charge >= 0.3 is 6.18 Å². The van der Waals surface area contributed by atoms with Crippen LogP contribution in [0.2, 0.25) is 0 Å². The molecule has 0 rings (SSSR count). The molecule has 138 valence electrons. The summed E-state index contributed by atoms with van der Waals surface area (Å²) in [5.41, 5.74) is 0. The lowest BCUT2D eigenvalue weighted by atomic mass is 10.4. The Kier molecular flexibility index (Phi) is 17.4. The van der Waals surface area contributed by atoms with E-state index in [0.717, 1.165) is 8.97 Å². The molecule has 0 aliphatic rings. The van der Waals surface area contributed by atoms with Gasteiger partial charge < -0.3 is 31.3 Å². The van der Waals surface area contributed by atoms with Crippen LogP contribution in [0.15, 0.2) is 0 Å². The number of quaternary nitrogens is 2. The number of rotatable bonds is 4. The Labute approximate surface area is 139 Å². The van der Waals surface area contributed by atoms with E-state index in [0.29, 0.717) is 0 Å². The number of carbonyl (C=O) groups excluding carboxylic acids is 1. The number of carbonyl (C=O) groups is 1. The Hall–Kier alpha value is -0.530. The second-order valence-electron chi connectivity index (χ2n) is 6.81. The van der Waals surface area contributed by atoms with Gasteiger partial charge in [-0.2, -0.15) is 13.2 Å². The van der Waals surface area contributed by atoms with E-state index in [4.69, 9.17) is 9.90 Å². The third kappa shape index (κ3) is 36.6. The van der Waals surface area contributed by atoms with Crippen LogP contribution in [-0.2, 0) is 4.79 Å². The van der Waals surface area contributed by atoms with E-state index in [2.05, 4.69) is 56.1 Å². The summed E-state index contributed by atoms with van der Waals surface area (Å²) in [7, 11) is 13.3. The van der Waals surface area contributed by atoms with E-state index in [1.807, 2.05) is 0 Å². The minimum atomic E-state index is -5.19. The zero-order valence-corrected chi connectivity index (χ0v) is 15.8. The van der Waals surface area contributed by atoms with E-state index in [1.54, 1.807) is 0 Å². The van der Waals surface area contributed by atoms with E-state index < -0.39 is 12.1 Å². The van der Waals surface area contributed by atoms with E-state index in [-0.39, 0.29) is 12.4 Å². The maximum Gasteiger partial charge on any atom is 0.430 e. The van der Waals surface area contributed by atoms with Crippen LogP contribution in [0, 0.1) is 0 Å². The number of carboxylic acids is 1. The molecule has 0 bridgehead atoms. The van der Waals surface area contributed by atoms with Gasteiger partial charge in [-0.15, -0.1) is 0 Å². The molecule has 0 atom stereocenters. The molecule has 0 heterocycles. The number of halogens is 4. The van der Waals surface area contributed by atoms with Crippen molar-refractivity contribution in [2.75, 3.05) is 55.4 Å². The van der Waals surface area contributed by atoms with Gasteiger partial charge in [0, 0.05) is 0 Å². The fourth-order valence-electron chi connectivity index (χ4n) is 1.34. The SMILES string of the molecule is CCC[N+](C)(C)C.CCC[N+](C)(C)C.O=C([O-])C(F)(F)F.[Cl-]. The van der Waals surface area contributed by atoms with Crippen molar-refractivity contribution in [3.8, 4) is 0 Å². The largest absolute Gasteiger partial charge is 1.00 e. The number of hydrogen-bond acceptors (Lipinski definition) is 2. The van der Waals surface area contributed by atoms with Crippen molar-refractivity contribution in [2.45, 2.75) is 32.9 Å². The van der Waals surface area contributed by atoms with Gasteiger partial charge in [0.05, 0.1) is 55.4 Å². The van der Waals surface area contributed by atoms with Gasteiger partial charge in [0.1, 0.15) is 5.97 Å². The molecule has 4 nitrogen and oxygen atoms in total. The van der Waals surface area contributed by atoms with Gasteiger partial charge in [-0.1, -0.05) is 13.8 Å². The highest BCUT2D eigenvalue weighted by molar-refractivity contribution is 5.70. The van der Waals surface area contributed by atoms with Crippen LogP contribution in [0.3, 0.4) is 0 Å². The summed E-state index contributed by atoms with van der Waals surface area (Å²) in [4.78, 5) is 8.78. The zero-order chi connectivity index (χ0) is 17.9. The van der Waals surface area contributed by atoms with Crippen LogP contribution in [0.5, 0.6) is 0 Å². The summed E-state index contributed by atoms with van der Waals surface area (Å²) in [5.74, 6) is -3.01. The lowest BCUT2D eigenvalue weighted by Gasteiger charge is -2.22. The molecule has 0 fully saturated rings. The van der Waals surface area contributed by atoms with Gasteiger partial charge in [-0.25, -0.2) is 0 Å². The first kappa shape index (κ1) is 29.5. The highest BCUT2D eigenvalue weighted by atomic mass is 35.5. The predicted molar refractivity (Wildman–Crippen MR) is 77.4 cm³/mol. The first-order valence-corrected chi connectivity index (χ1v) is 6.96. The number of aliphatic carboxylic acids is 1. The third-order valence-electron chi connectivity index (χ3n) is 2.02. The molecule has 0 spiro atoms. The Balaban J connectivity index is -0.000000108. The summed E-state index contributed by atoms with van der Waals surface area (Å²) < 4.78 is 33.7. The molecule has 0 aromatic rings. The Morgan fingerprint density at radius 1 is 0.864 bits per heavy atom.